The third-order valence-electron chi connectivity index (χ3n) is 1.73. The van der Waals surface area contributed by atoms with Crippen molar-refractivity contribution >= 4 is 0 Å². The second-order valence-electron chi connectivity index (χ2n) is 3.11. The van der Waals surface area contributed by atoms with Gasteiger partial charge in [0, 0.05) is 0 Å². The van der Waals surface area contributed by atoms with E-state index in [4.69, 9.17) is 0 Å². The van der Waals surface area contributed by atoms with Crippen molar-refractivity contribution in [2.75, 3.05) is 0 Å². The normalized spacial score (nSPS) is 18.0. The van der Waals surface area contributed by atoms with Gasteiger partial charge in [-0.15, -0.1) is 26.3 Å². The predicted molar refractivity (Wildman–Crippen MR) is 40.9 cm³/mol. The lowest BCUT2D eigenvalue weighted by atomic mass is 10.0. The topological polar surface area (TPSA) is 9.23 Å². The predicted octanol–water partition coefficient (Wildman–Crippen LogP) is 4.38. The molecule has 1 aliphatic carbocycles. The molecule has 0 atom stereocenters. The molecule has 1 saturated carbocycles. The van der Waals surface area contributed by atoms with Crippen LogP contribution >= 0.6 is 0 Å². The number of ether oxygens (including phenoxy) is 1. The van der Waals surface area contributed by atoms with Gasteiger partial charge in [-0.1, -0.05) is 38.5 Å². The van der Waals surface area contributed by atoms with E-state index in [2.05, 4.69) is 0 Å². The zero-order valence-electron chi connectivity index (χ0n) is 7.92. The number of hydrogen-bond acceptors (Lipinski definition) is 1. The number of alkyl halides is 6. The van der Waals surface area contributed by atoms with Crippen LogP contribution in [0.4, 0.5) is 26.3 Å². The summed E-state index contributed by atoms with van der Waals surface area (Å²) in [5.41, 5.74) is 0. The van der Waals surface area contributed by atoms with E-state index in [9.17, 15) is 26.3 Å². The second kappa shape index (κ2) is 6.19. The molecule has 1 rings (SSSR count). The largest absolute Gasteiger partial charge is 0.529 e. The summed E-state index contributed by atoms with van der Waals surface area (Å²) in [6.07, 6.45) is -2.28. The summed E-state index contributed by atoms with van der Waals surface area (Å²) in [6, 6.07) is 0. The van der Waals surface area contributed by atoms with Gasteiger partial charge in [0.05, 0.1) is 0 Å². The molecule has 0 aromatic rings. The SMILES string of the molecule is C1CCCCC1.FC(F)(F)OC(F)(F)F. The maximum atomic E-state index is 10.6. The fraction of sp³-hybridized carbons (Fsp3) is 1.00. The first-order valence-corrected chi connectivity index (χ1v) is 4.54. The Balaban J connectivity index is 0.000000280. The summed E-state index contributed by atoms with van der Waals surface area (Å²) < 4.78 is 65.3. The number of rotatable bonds is 0. The molecule has 1 nitrogen and oxygen atoms in total. The standard InChI is InChI=1S/C6H12.C2F6O/c1-2-4-6-5-3-1;3-1(4,5)9-2(6,7)8/h1-6H2;. The minimum absolute atomic E-state index is 1.50. The van der Waals surface area contributed by atoms with Crippen molar-refractivity contribution in [2.45, 2.75) is 51.2 Å². The van der Waals surface area contributed by atoms with Crippen molar-refractivity contribution in [1.29, 1.82) is 0 Å². The smallest absolute Gasteiger partial charge is 0.196 e. The van der Waals surface area contributed by atoms with Crippen molar-refractivity contribution in [2.24, 2.45) is 0 Å². The average molecular weight is 238 g/mol. The molecule has 0 aliphatic heterocycles. The lowest BCUT2D eigenvalue weighted by Gasteiger charge is -2.08. The molecule has 0 heterocycles. The highest BCUT2D eigenvalue weighted by Crippen LogP contribution is 2.28. The Morgan fingerprint density at radius 2 is 0.733 bits per heavy atom. The molecule has 1 fully saturated rings. The van der Waals surface area contributed by atoms with Gasteiger partial charge in [-0.3, -0.25) is 0 Å². The lowest BCUT2D eigenvalue weighted by molar-refractivity contribution is -0.463. The zero-order chi connectivity index (χ0) is 11.9. The molecule has 0 amide bonds. The van der Waals surface area contributed by atoms with Crippen molar-refractivity contribution in [3.8, 4) is 0 Å². The second-order valence-corrected chi connectivity index (χ2v) is 3.11. The third kappa shape index (κ3) is 13.5. The van der Waals surface area contributed by atoms with Crippen LogP contribution in [0.2, 0.25) is 0 Å². The van der Waals surface area contributed by atoms with Gasteiger partial charge in [-0.25, -0.2) is 0 Å². The summed E-state index contributed by atoms with van der Waals surface area (Å²) in [5, 5.41) is 0. The van der Waals surface area contributed by atoms with E-state index in [1.54, 1.807) is 4.74 Å². The summed E-state index contributed by atoms with van der Waals surface area (Å²) in [5.74, 6) is 0. The monoisotopic (exact) mass is 238 g/mol. The zero-order valence-corrected chi connectivity index (χ0v) is 7.92. The maximum absolute atomic E-state index is 10.6. The molecule has 15 heavy (non-hydrogen) atoms. The first-order valence-electron chi connectivity index (χ1n) is 4.54. The average Bonchev–Trinajstić information content (AvgIpc) is 2.01. The van der Waals surface area contributed by atoms with Gasteiger partial charge in [0.1, 0.15) is 0 Å². The van der Waals surface area contributed by atoms with Gasteiger partial charge in [-0.2, -0.15) is 4.74 Å². The summed E-state index contributed by atoms with van der Waals surface area (Å²) in [6.45, 7) is 0. The van der Waals surface area contributed by atoms with E-state index in [0.29, 0.717) is 0 Å². The Kier molecular flexibility index (Phi) is 6.00. The highest BCUT2D eigenvalue weighted by Gasteiger charge is 2.45. The summed E-state index contributed by atoms with van der Waals surface area (Å²) in [4.78, 5) is 0. The van der Waals surface area contributed by atoms with E-state index in [0.717, 1.165) is 0 Å². The molecule has 0 spiro atoms. The Bertz CT molecular complexity index is 134. The minimum Gasteiger partial charge on any atom is -0.196 e. The minimum atomic E-state index is -5.64. The Morgan fingerprint density at radius 1 is 0.533 bits per heavy atom. The Morgan fingerprint density at radius 3 is 0.800 bits per heavy atom. The number of hydrogen-bond donors (Lipinski definition) is 0. The summed E-state index contributed by atoms with van der Waals surface area (Å²) in [7, 11) is 0. The van der Waals surface area contributed by atoms with Gasteiger partial charge in [0.25, 0.3) is 0 Å². The van der Waals surface area contributed by atoms with Crippen LogP contribution in [-0.2, 0) is 4.74 Å². The fourth-order valence-electron chi connectivity index (χ4n) is 1.19. The van der Waals surface area contributed by atoms with E-state index in [-0.39, 0.29) is 0 Å². The van der Waals surface area contributed by atoms with Crippen LogP contribution in [0.25, 0.3) is 0 Å². The Labute approximate surface area is 83.4 Å². The molecule has 0 aromatic heterocycles. The van der Waals surface area contributed by atoms with E-state index < -0.39 is 12.7 Å². The molecule has 7 heteroatoms. The van der Waals surface area contributed by atoms with Gasteiger partial charge in [-0.05, 0) is 0 Å². The molecule has 0 N–H and O–H groups in total. The van der Waals surface area contributed by atoms with Crippen LogP contribution in [0.5, 0.6) is 0 Å². The van der Waals surface area contributed by atoms with E-state index >= 15 is 0 Å². The molecule has 1 aliphatic rings. The van der Waals surface area contributed by atoms with E-state index in [1.165, 1.54) is 38.5 Å². The molecular formula is C8H12F6O. The van der Waals surface area contributed by atoms with Crippen LogP contribution in [0, 0.1) is 0 Å². The van der Waals surface area contributed by atoms with Crippen molar-refractivity contribution in [1.82, 2.24) is 0 Å². The van der Waals surface area contributed by atoms with Crippen molar-refractivity contribution in [3.63, 3.8) is 0 Å². The van der Waals surface area contributed by atoms with Crippen molar-refractivity contribution < 1.29 is 31.1 Å². The summed E-state index contributed by atoms with van der Waals surface area (Å²) >= 11 is 0. The molecule has 0 bridgehead atoms. The molecular weight excluding hydrogens is 226 g/mol. The maximum Gasteiger partial charge on any atom is 0.529 e. The molecule has 92 valence electrons. The molecule has 0 aromatic carbocycles. The molecule has 0 radical (unpaired) electrons. The van der Waals surface area contributed by atoms with Gasteiger partial charge in [0.2, 0.25) is 0 Å². The van der Waals surface area contributed by atoms with Crippen LogP contribution in [0.3, 0.4) is 0 Å². The Hall–Kier alpha value is -0.460. The van der Waals surface area contributed by atoms with Crippen LogP contribution in [0.1, 0.15) is 38.5 Å². The number of halogens is 6. The van der Waals surface area contributed by atoms with Crippen LogP contribution in [-0.4, -0.2) is 12.7 Å². The van der Waals surface area contributed by atoms with Crippen LogP contribution in [0.15, 0.2) is 0 Å². The lowest BCUT2D eigenvalue weighted by Crippen LogP contribution is -2.25. The van der Waals surface area contributed by atoms with Crippen LogP contribution < -0.4 is 0 Å². The molecule has 0 saturated heterocycles. The molecule has 0 unspecified atom stereocenters. The first kappa shape index (κ1) is 14.5. The van der Waals surface area contributed by atoms with Gasteiger partial charge >= 0.3 is 12.7 Å². The van der Waals surface area contributed by atoms with Gasteiger partial charge in [0.15, 0.2) is 0 Å². The van der Waals surface area contributed by atoms with Crippen molar-refractivity contribution in [3.05, 3.63) is 0 Å². The highest BCUT2D eigenvalue weighted by atomic mass is 19.4. The van der Waals surface area contributed by atoms with Gasteiger partial charge < -0.3 is 0 Å². The quantitative estimate of drug-likeness (QED) is 0.569. The van der Waals surface area contributed by atoms with E-state index in [1.807, 2.05) is 0 Å². The third-order valence-corrected chi connectivity index (χ3v) is 1.73. The highest BCUT2D eigenvalue weighted by molar-refractivity contribution is 4.51. The fourth-order valence-corrected chi connectivity index (χ4v) is 1.19. The first-order chi connectivity index (χ1) is 6.71.